The molecule has 0 saturated carbocycles. The van der Waals surface area contributed by atoms with E-state index in [1.54, 1.807) is 17.8 Å². The van der Waals surface area contributed by atoms with E-state index in [4.69, 9.17) is 5.50 Å². The second-order valence-corrected chi connectivity index (χ2v) is 7.96. The molecule has 0 spiro atoms. The van der Waals surface area contributed by atoms with Crippen LogP contribution in [-0.4, -0.2) is 10.00 Å². The first-order valence-electron chi connectivity index (χ1n) is 7.47. The Morgan fingerprint density at radius 2 is 1.60 bits per heavy atom. The van der Waals surface area contributed by atoms with Crippen molar-refractivity contribution in [3.05, 3.63) is 72.8 Å². The first-order chi connectivity index (χ1) is 11.9. The molecule has 25 heavy (non-hydrogen) atoms. The van der Waals surface area contributed by atoms with Crippen LogP contribution >= 0.6 is 19.4 Å². The number of benzene rings is 3. The Kier molecular flexibility index (Phi) is 5.16. The summed E-state index contributed by atoms with van der Waals surface area (Å²) in [4.78, 5) is 11.5. The van der Waals surface area contributed by atoms with Gasteiger partial charge in [0, 0.05) is 15.4 Å². The fourth-order valence-electron chi connectivity index (χ4n) is 2.42. The maximum atomic E-state index is 11.6. The third-order valence-corrected chi connectivity index (χ3v) is 5.08. The molecule has 5 nitrogen and oxygen atoms in total. The molecule has 0 radical (unpaired) electrons. The van der Waals surface area contributed by atoms with Gasteiger partial charge in [-0.2, -0.15) is 0 Å². The Bertz CT molecular complexity index is 929. The number of nitrogens with one attached hydrogen (secondary N) is 1. The summed E-state index contributed by atoms with van der Waals surface area (Å²) in [7, 11) is -3.97. The van der Waals surface area contributed by atoms with E-state index < -0.39 is 7.67 Å². The number of rotatable bonds is 5. The summed E-state index contributed by atoms with van der Waals surface area (Å²) in [5, 5.41) is 12.3. The minimum Gasteiger partial charge on any atom is -0.508 e. The lowest BCUT2D eigenvalue weighted by molar-refractivity contribution is 0.475. The summed E-state index contributed by atoms with van der Waals surface area (Å²) in [5.74, 6) is 0.0601. The highest BCUT2D eigenvalue weighted by atomic mass is 32.2. The smallest absolute Gasteiger partial charge is 0.360 e. The first kappa shape index (κ1) is 17.6. The normalized spacial score (nSPS) is 13.2. The van der Waals surface area contributed by atoms with E-state index in [0.29, 0.717) is 11.3 Å². The highest BCUT2D eigenvalue weighted by Gasteiger charge is 2.16. The van der Waals surface area contributed by atoms with Gasteiger partial charge in [-0.25, -0.2) is 10.1 Å². The Morgan fingerprint density at radius 1 is 0.920 bits per heavy atom. The van der Waals surface area contributed by atoms with Crippen molar-refractivity contribution >= 4 is 25.1 Å². The summed E-state index contributed by atoms with van der Waals surface area (Å²) in [5.41, 5.74) is 7.05. The molecular formula is C18H17N2O3PS. The van der Waals surface area contributed by atoms with Gasteiger partial charge in [-0.05, 0) is 42.0 Å². The van der Waals surface area contributed by atoms with Crippen LogP contribution in [0.4, 0.5) is 5.69 Å². The number of nitrogens with two attached hydrogens (primary N) is 1. The maximum Gasteiger partial charge on any atom is 0.360 e. The van der Waals surface area contributed by atoms with Crippen molar-refractivity contribution in [3.63, 3.8) is 0 Å². The number of hydrogen-bond acceptors (Lipinski definition) is 3. The molecule has 1 atom stereocenters. The summed E-state index contributed by atoms with van der Waals surface area (Å²) < 4.78 is 11.6. The molecule has 3 rings (SSSR count). The van der Waals surface area contributed by atoms with Crippen LogP contribution in [0.1, 0.15) is 0 Å². The molecule has 128 valence electrons. The van der Waals surface area contributed by atoms with Gasteiger partial charge >= 0.3 is 7.67 Å². The summed E-state index contributed by atoms with van der Waals surface area (Å²) >= 11 is 1.57. The topological polar surface area (TPSA) is 95.6 Å². The average molecular weight is 372 g/mol. The summed E-state index contributed by atoms with van der Waals surface area (Å²) in [6, 6.07) is 22.0. The number of phenolic OH excluding ortho intramolecular Hbond substituents is 1. The van der Waals surface area contributed by atoms with E-state index in [1.807, 2.05) is 54.6 Å². The molecule has 0 amide bonds. The van der Waals surface area contributed by atoms with Crippen LogP contribution in [0.25, 0.3) is 11.1 Å². The Balaban J connectivity index is 2.08. The standard InChI is InChI=1S/C18H17N2O3PS/c19-24(22,23)20-17-11-10-13(21)12-16(17)15-8-4-5-9-18(15)25-14-6-2-1-3-7-14/h1-12,21H,(H4,19,20,22,23). The largest absolute Gasteiger partial charge is 0.508 e. The molecule has 3 aromatic carbocycles. The molecule has 3 aromatic rings. The lowest BCUT2D eigenvalue weighted by Gasteiger charge is -2.16. The van der Waals surface area contributed by atoms with Crippen molar-refractivity contribution in [3.8, 4) is 16.9 Å². The van der Waals surface area contributed by atoms with Crippen LogP contribution in [0.2, 0.25) is 0 Å². The van der Waals surface area contributed by atoms with Gasteiger partial charge in [0.1, 0.15) is 5.75 Å². The monoisotopic (exact) mass is 372 g/mol. The Hall–Kier alpha value is -2.24. The molecule has 0 fully saturated rings. The third kappa shape index (κ3) is 4.65. The van der Waals surface area contributed by atoms with E-state index in [9.17, 15) is 14.6 Å². The van der Waals surface area contributed by atoms with Gasteiger partial charge in [-0.3, -0.25) is 0 Å². The molecule has 0 aliphatic carbocycles. The molecular weight excluding hydrogens is 355 g/mol. The van der Waals surface area contributed by atoms with Gasteiger partial charge in [0.05, 0.1) is 5.69 Å². The highest BCUT2D eigenvalue weighted by molar-refractivity contribution is 7.99. The van der Waals surface area contributed by atoms with Crippen LogP contribution in [0, 0.1) is 0 Å². The van der Waals surface area contributed by atoms with Gasteiger partial charge < -0.3 is 15.1 Å². The molecule has 0 bridgehead atoms. The van der Waals surface area contributed by atoms with E-state index in [1.165, 1.54) is 12.1 Å². The number of anilines is 1. The highest BCUT2D eigenvalue weighted by Crippen LogP contribution is 2.43. The maximum absolute atomic E-state index is 11.6. The molecule has 0 aliphatic heterocycles. The van der Waals surface area contributed by atoms with E-state index in [2.05, 4.69) is 5.09 Å². The second-order valence-electron chi connectivity index (χ2n) is 5.38. The van der Waals surface area contributed by atoms with Gasteiger partial charge in [0.2, 0.25) is 0 Å². The number of phenols is 1. The van der Waals surface area contributed by atoms with Crippen LogP contribution in [-0.2, 0) is 4.57 Å². The molecule has 0 aliphatic rings. The quantitative estimate of drug-likeness (QED) is 0.384. The molecule has 7 heteroatoms. The second kappa shape index (κ2) is 7.33. The van der Waals surface area contributed by atoms with Crippen molar-refractivity contribution in [2.45, 2.75) is 9.79 Å². The SMILES string of the molecule is NP(=O)(O)Nc1ccc(O)cc1-c1ccccc1Sc1ccccc1. The summed E-state index contributed by atoms with van der Waals surface area (Å²) in [6.45, 7) is 0. The van der Waals surface area contributed by atoms with Crippen LogP contribution in [0.3, 0.4) is 0 Å². The lowest BCUT2D eigenvalue weighted by Crippen LogP contribution is -2.05. The zero-order valence-corrected chi connectivity index (χ0v) is 14.9. The fourth-order valence-corrected chi connectivity index (χ4v) is 3.94. The van der Waals surface area contributed by atoms with E-state index in [0.717, 1.165) is 15.4 Å². The van der Waals surface area contributed by atoms with Crippen LogP contribution in [0.15, 0.2) is 82.6 Å². The average Bonchev–Trinajstić information content (AvgIpc) is 2.57. The third-order valence-electron chi connectivity index (χ3n) is 3.43. The zero-order valence-electron chi connectivity index (χ0n) is 13.2. The van der Waals surface area contributed by atoms with Crippen molar-refractivity contribution in [2.24, 2.45) is 5.50 Å². The fraction of sp³-hybridized carbons (Fsp3) is 0. The predicted octanol–water partition coefficient (Wildman–Crippen LogP) is 4.68. The van der Waals surface area contributed by atoms with Gasteiger partial charge in [-0.15, -0.1) is 0 Å². The zero-order chi connectivity index (χ0) is 17.9. The van der Waals surface area contributed by atoms with Gasteiger partial charge in [0.25, 0.3) is 0 Å². The Labute approximate surface area is 150 Å². The predicted molar refractivity (Wildman–Crippen MR) is 102 cm³/mol. The Morgan fingerprint density at radius 3 is 2.32 bits per heavy atom. The molecule has 0 aromatic heterocycles. The molecule has 5 N–H and O–H groups in total. The summed E-state index contributed by atoms with van der Waals surface area (Å²) in [6.07, 6.45) is 0. The van der Waals surface area contributed by atoms with Crippen molar-refractivity contribution in [2.75, 3.05) is 5.09 Å². The van der Waals surface area contributed by atoms with Crippen LogP contribution in [0.5, 0.6) is 5.75 Å². The van der Waals surface area contributed by atoms with Crippen molar-refractivity contribution in [1.29, 1.82) is 0 Å². The lowest BCUT2D eigenvalue weighted by atomic mass is 10.0. The van der Waals surface area contributed by atoms with Crippen molar-refractivity contribution in [1.82, 2.24) is 0 Å². The van der Waals surface area contributed by atoms with Gasteiger partial charge in [-0.1, -0.05) is 48.2 Å². The molecule has 0 saturated heterocycles. The van der Waals surface area contributed by atoms with E-state index in [-0.39, 0.29) is 5.75 Å². The minimum atomic E-state index is -3.97. The molecule has 1 unspecified atom stereocenters. The minimum absolute atomic E-state index is 0.0601. The van der Waals surface area contributed by atoms with Crippen LogP contribution < -0.4 is 10.6 Å². The number of hydrogen-bond donors (Lipinski definition) is 4. The number of aromatic hydroxyl groups is 1. The van der Waals surface area contributed by atoms with E-state index >= 15 is 0 Å². The first-order valence-corrected chi connectivity index (χ1v) is 10.0. The molecule has 0 heterocycles. The van der Waals surface area contributed by atoms with Crippen molar-refractivity contribution < 1.29 is 14.6 Å². The van der Waals surface area contributed by atoms with Gasteiger partial charge in [0.15, 0.2) is 0 Å².